The lowest BCUT2D eigenvalue weighted by molar-refractivity contribution is -0.121. The van der Waals surface area contributed by atoms with Crippen LogP contribution < -0.4 is 5.32 Å². The van der Waals surface area contributed by atoms with Crippen LogP contribution in [0.1, 0.15) is 60.2 Å². The van der Waals surface area contributed by atoms with Crippen LogP contribution in [0.25, 0.3) is 0 Å². The Bertz CT molecular complexity index is 688. The van der Waals surface area contributed by atoms with Gasteiger partial charge in [-0.2, -0.15) is 0 Å². The maximum absolute atomic E-state index is 12.3. The average Bonchev–Trinajstić information content (AvgIpc) is 2.90. The van der Waals surface area contributed by atoms with Crippen LogP contribution in [0, 0.1) is 11.8 Å². The van der Waals surface area contributed by atoms with Gasteiger partial charge in [0.05, 0.1) is 11.1 Å². The second-order valence-corrected chi connectivity index (χ2v) is 8.32. The van der Waals surface area contributed by atoms with E-state index in [1.54, 1.807) is 24.3 Å². The van der Waals surface area contributed by atoms with E-state index in [4.69, 9.17) is 0 Å². The van der Waals surface area contributed by atoms with Gasteiger partial charge >= 0.3 is 0 Å². The fourth-order valence-electron chi connectivity index (χ4n) is 4.41. The molecule has 6 nitrogen and oxygen atoms in total. The molecule has 0 spiro atoms. The topological polar surface area (TPSA) is 69.7 Å². The first-order valence-electron chi connectivity index (χ1n) is 10.4. The van der Waals surface area contributed by atoms with Gasteiger partial charge in [-0.15, -0.1) is 0 Å². The summed E-state index contributed by atoms with van der Waals surface area (Å²) in [6.07, 6.45) is 3.47. The van der Waals surface area contributed by atoms with Gasteiger partial charge in [0.25, 0.3) is 11.8 Å². The lowest BCUT2D eigenvalue weighted by Crippen LogP contribution is -2.39. The molecule has 2 aliphatic rings. The van der Waals surface area contributed by atoms with Gasteiger partial charge in [-0.1, -0.05) is 26.0 Å². The summed E-state index contributed by atoms with van der Waals surface area (Å²) >= 11 is 0. The smallest absolute Gasteiger partial charge is 0.261 e. The molecule has 2 atom stereocenters. The second-order valence-electron chi connectivity index (χ2n) is 8.32. The van der Waals surface area contributed by atoms with Crippen molar-refractivity contribution >= 4 is 17.7 Å². The van der Waals surface area contributed by atoms with E-state index in [0.29, 0.717) is 17.7 Å². The molecule has 0 bridgehead atoms. The van der Waals surface area contributed by atoms with Gasteiger partial charge in [-0.3, -0.25) is 19.3 Å². The number of benzene rings is 1. The number of rotatable bonds is 8. The van der Waals surface area contributed by atoms with Crippen molar-refractivity contribution in [3.05, 3.63) is 35.4 Å². The second kappa shape index (κ2) is 9.32. The van der Waals surface area contributed by atoms with Crippen LogP contribution in [0.15, 0.2) is 24.3 Å². The van der Waals surface area contributed by atoms with Crippen LogP contribution in [-0.2, 0) is 4.79 Å². The summed E-state index contributed by atoms with van der Waals surface area (Å²) in [7, 11) is 0. The molecule has 1 N–H and O–H groups in total. The number of hydrogen-bond acceptors (Lipinski definition) is 4. The first kappa shape index (κ1) is 20.5. The molecule has 2 unspecified atom stereocenters. The summed E-state index contributed by atoms with van der Waals surface area (Å²) in [5.74, 6) is 0.810. The Morgan fingerprint density at radius 2 is 1.61 bits per heavy atom. The van der Waals surface area contributed by atoms with Crippen LogP contribution in [0.2, 0.25) is 0 Å². The molecule has 1 saturated heterocycles. The van der Waals surface area contributed by atoms with Gasteiger partial charge in [0.15, 0.2) is 0 Å². The summed E-state index contributed by atoms with van der Waals surface area (Å²) in [6.45, 7) is 8.84. The number of likely N-dealkylation sites (tertiary alicyclic amines) is 1. The van der Waals surface area contributed by atoms with E-state index in [0.717, 1.165) is 31.2 Å². The summed E-state index contributed by atoms with van der Waals surface area (Å²) in [5.41, 5.74) is 0.850. The summed E-state index contributed by atoms with van der Waals surface area (Å²) in [5, 5.41) is 2.91. The van der Waals surface area contributed by atoms with Gasteiger partial charge in [0.2, 0.25) is 5.91 Å². The zero-order valence-electron chi connectivity index (χ0n) is 16.9. The predicted octanol–water partition coefficient (Wildman–Crippen LogP) is 2.55. The third kappa shape index (κ3) is 4.98. The number of hydrogen-bond donors (Lipinski definition) is 1. The first-order valence-corrected chi connectivity index (χ1v) is 10.4. The Morgan fingerprint density at radius 1 is 1.00 bits per heavy atom. The first-order chi connectivity index (χ1) is 13.5. The number of imide groups is 1. The highest BCUT2D eigenvalue weighted by molar-refractivity contribution is 6.21. The fourth-order valence-corrected chi connectivity index (χ4v) is 4.41. The Morgan fingerprint density at radius 3 is 2.21 bits per heavy atom. The maximum atomic E-state index is 12.3. The molecule has 1 aromatic carbocycles. The molecular formula is C22H31N3O3. The number of unbranched alkanes of at least 4 members (excludes halogenated alkanes) is 1. The lowest BCUT2D eigenvalue weighted by atomic mass is 9.92. The number of piperidine rings is 1. The third-order valence-electron chi connectivity index (χ3n) is 5.61. The number of nitrogens with one attached hydrogen (secondary N) is 1. The summed E-state index contributed by atoms with van der Waals surface area (Å²) in [4.78, 5) is 40.3. The van der Waals surface area contributed by atoms with Gasteiger partial charge in [0, 0.05) is 32.6 Å². The zero-order chi connectivity index (χ0) is 20.1. The van der Waals surface area contributed by atoms with E-state index in [-0.39, 0.29) is 30.7 Å². The maximum Gasteiger partial charge on any atom is 0.261 e. The largest absolute Gasteiger partial charge is 0.356 e. The molecule has 0 saturated carbocycles. The number of nitrogens with zero attached hydrogens (tertiary/aromatic N) is 2. The van der Waals surface area contributed by atoms with Crippen molar-refractivity contribution in [1.82, 2.24) is 15.1 Å². The molecule has 6 heteroatoms. The van der Waals surface area contributed by atoms with Crippen LogP contribution in [0.5, 0.6) is 0 Å². The molecule has 3 rings (SSSR count). The molecule has 2 aliphatic heterocycles. The van der Waals surface area contributed by atoms with E-state index in [9.17, 15) is 14.4 Å². The van der Waals surface area contributed by atoms with Crippen LogP contribution >= 0.6 is 0 Å². The summed E-state index contributed by atoms with van der Waals surface area (Å²) < 4.78 is 0. The number of carbonyl (C=O) groups excluding carboxylic acids is 3. The fraction of sp³-hybridized carbons (Fsp3) is 0.591. The van der Waals surface area contributed by atoms with Crippen molar-refractivity contribution in [2.75, 3.05) is 32.7 Å². The Kier molecular flexibility index (Phi) is 6.83. The predicted molar refractivity (Wildman–Crippen MR) is 108 cm³/mol. The highest BCUT2D eigenvalue weighted by atomic mass is 16.2. The summed E-state index contributed by atoms with van der Waals surface area (Å²) in [6, 6.07) is 6.79. The van der Waals surface area contributed by atoms with Gasteiger partial charge < -0.3 is 10.2 Å². The van der Waals surface area contributed by atoms with Gasteiger partial charge in [-0.05, 0) is 49.8 Å². The minimum Gasteiger partial charge on any atom is -0.356 e. The number of fused-ring (bicyclic) bond motifs is 1. The highest BCUT2D eigenvalue weighted by Gasteiger charge is 2.34. The monoisotopic (exact) mass is 385 g/mol. The molecule has 1 fully saturated rings. The Balaban J connectivity index is 1.31. The van der Waals surface area contributed by atoms with Crippen molar-refractivity contribution in [2.45, 2.75) is 39.5 Å². The van der Waals surface area contributed by atoms with E-state index >= 15 is 0 Å². The number of carbonyl (C=O) groups is 3. The van der Waals surface area contributed by atoms with E-state index < -0.39 is 0 Å². The van der Waals surface area contributed by atoms with E-state index in [2.05, 4.69) is 24.1 Å². The quantitative estimate of drug-likeness (QED) is 0.552. The standard InChI is InChI=1S/C22H31N3O3/c1-16-13-17(2)15-24(14-16)11-6-5-10-23-20(26)9-12-25-21(27)18-7-3-4-8-19(18)22(25)28/h3-4,7-8,16-17H,5-6,9-15H2,1-2H3,(H,23,26). The average molecular weight is 386 g/mol. The van der Waals surface area contributed by atoms with Gasteiger partial charge in [-0.25, -0.2) is 0 Å². The molecule has 3 amide bonds. The molecule has 1 aromatic rings. The van der Waals surface area contributed by atoms with Gasteiger partial charge in [0.1, 0.15) is 0 Å². The molecule has 0 aliphatic carbocycles. The molecule has 152 valence electrons. The van der Waals surface area contributed by atoms with Crippen LogP contribution in [0.3, 0.4) is 0 Å². The van der Waals surface area contributed by atoms with E-state index in [1.165, 1.54) is 24.4 Å². The molecule has 0 aromatic heterocycles. The highest BCUT2D eigenvalue weighted by Crippen LogP contribution is 2.22. The normalized spacial score (nSPS) is 22.4. The third-order valence-corrected chi connectivity index (χ3v) is 5.61. The minimum atomic E-state index is -0.307. The lowest BCUT2D eigenvalue weighted by Gasteiger charge is -2.34. The van der Waals surface area contributed by atoms with Crippen molar-refractivity contribution < 1.29 is 14.4 Å². The van der Waals surface area contributed by atoms with Crippen LogP contribution in [0.4, 0.5) is 0 Å². The zero-order valence-corrected chi connectivity index (χ0v) is 16.9. The molecule has 2 heterocycles. The Labute approximate surface area is 167 Å². The molecule has 0 radical (unpaired) electrons. The SMILES string of the molecule is CC1CC(C)CN(CCCCNC(=O)CCN2C(=O)c3ccccc3C2=O)C1. The number of amides is 3. The van der Waals surface area contributed by atoms with Crippen molar-refractivity contribution in [3.8, 4) is 0 Å². The van der Waals surface area contributed by atoms with Crippen molar-refractivity contribution in [3.63, 3.8) is 0 Å². The molecular weight excluding hydrogens is 354 g/mol. The minimum absolute atomic E-state index is 0.114. The van der Waals surface area contributed by atoms with Crippen LogP contribution in [-0.4, -0.2) is 60.2 Å². The molecule has 28 heavy (non-hydrogen) atoms. The van der Waals surface area contributed by atoms with E-state index in [1.807, 2.05) is 0 Å². The van der Waals surface area contributed by atoms with Crippen molar-refractivity contribution in [2.24, 2.45) is 11.8 Å². The Hall–Kier alpha value is -2.21. The van der Waals surface area contributed by atoms with Crippen molar-refractivity contribution in [1.29, 1.82) is 0 Å².